The molecule has 0 saturated heterocycles. The minimum Gasteiger partial charge on any atom is -0.330 e. The van der Waals surface area contributed by atoms with Gasteiger partial charge in [-0.3, -0.25) is 0 Å². The largest absolute Gasteiger partial charge is 0.330 e. The van der Waals surface area contributed by atoms with Crippen LogP contribution >= 0.6 is 0 Å². The summed E-state index contributed by atoms with van der Waals surface area (Å²) in [6.45, 7) is 3.08. The van der Waals surface area contributed by atoms with Gasteiger partial charge in [-0.15, -0.1) is 0 Å². The number of para-hydroxylation sites is 2. The van der Waals surface area contributed by atoms with Crippen molar-refractivity contribution in [2.24, 2.45) is 17.6 Å². The predicted molar refractivity (Wildman–Crippen MR) is 83.6 cm³/mol. The maximum absolute atomic E-state index is 6.03. The van der Waals surface area contributed by atoms with Crippen LogP contribution in [-0.2, 0) is 0 Å². The Labute approximate surface area is 121 Å². The van der Waals surface area contributed by atoms with Gasteiger partial charge in [0.15, 0.2) is 0 Å². The molecule has 108 valence electrons. The summed E-state index contributed by atoms with van der Waals surface area (Å²) in [4.78, 5) is 4.56. The highest BCUT2D eigenvalue weighted by Crippen LogP contribution is 2.39. The molecule has 0 radical (unpaired) electrons. The SMILES string of the molecule is CCCC1CCC(CN)C(n2cnc3ccccc32)C1. The molecule has 1 aromatic heterocycles. The highest BCUT2D eigenvalue weighted by molar-refractivity contribution is 5.75. The Morgan fingerprint density at radius 3 is 2.95 bits per heavy atom. The topological polar surface area (TPSA) is 43.8 Å². The molecule has 1 saturated carbocycles. The Balaban J connectivity index is 1.92. The number of imidazole rings is 1. The molecule has 2 aromatic rings. The van der Waals surface area contributed by atoms with Crippen molar-refractivity contribution in [2.75, 3.05) is 6.54 Å². The maximum Gasteiger partial charge on any atom is 0.0961 e. The second-order valence-corrected chi connectivity index (χ2v) is 6.17. The minimum atomic E-state index is 0.526. The lowest BCUT2D eigenvalue weighted by Gasteiger charge is -2.36. The zero-order valence-corrected chi connectivity index (χ0v) is 12.3. The minimum absolute atomic E-state index is 0.526. The molecule has 1 aliphatic rings. The van der Waals surface area contributed by atoms with Crippen molar-refractivity contribution in [1.29, 1.82) is 0 Å². The third-order valence-corrected chi connectivity index (χ3v) is 4.90. The molecule has 0 amide bonds. The standard InChI is InChI=1S/C17H25N3/c1-2-5-13-8-9-14(11-18)17(10-13)20-12-19-15-6-3-4-7-16(15)20/h3-4,6-7,12-14,17H,2,5,8-11,18H2,1H3. The molecule has 1 aliphatic carbocycles. The van der Waals surface area contributed by atoms with E-state index in [4.69, 9.17) is 5.73 Å². The first-order valence-electron chi connectivity index (χ1n) is 7.95. The number of benzene rings is 1. The molecule has 1 fully saturated rings. The van der Waals surface area contributed by atoms with Crippen LogP contribution < -0.4 is 5.73 Å². The Bertz CT molecular complexity index is 560. The number of fused-ring (bicyclic) bond motifs is 1. The number of rotatable bonds is 4. The normalized spacial score (nSPS) is 27.0. The summed E-state index contributed by atoms with van der Waals surface area (Å²) in [7, 11) is 0. The highest BCUT2D eigenvalue weighted by Gasteiger charge is 2.31. The van der Waals surface area contributed by atoms with Gasteiger partial charge in [-0.1, -0.05) is 31.9 Å². The zero-order valence-electron chi connectivity index (χ0n) is 12.3. The third-order valence-electron chi connectivity index (χ3n) is 4.90. The monoisotopic (exact) mass is 271 g/mol. The first-order valence-corrected chi connectivity index (χ1v) is 7.95. The van der Waals surface area contributed by atoms with E-state index in [1.54, 1.807) is 0 Å². The Hall–Kier alpha value is -1.35. The van der Waals surface area contributed by atoms with Gasteiger partial charge in [0.25, 0.3) is 0 Å². The molecule has 3 rings (SSSR count). The second kappa shape index (κ2) is 5.96. The fraction of sp³-hybridized carbons (Fsp3) is 0.588. The molecule has 3 atom stereocenters. The van der Waals surface area contributed by atoms with Crippen LogP contribution in [0.1, 0.15) is 45.1 Å². The molecule has 1 aromatic carbocycles. The van der Waals surface area contributed by atoms with Gasteiger partial charge in [0.2, 0.25) is 0 Å². The average Bonchev–Trinajstić information content (AvgIpc) is 2.91. The van der Waals surface area contributed by atoms with E-state index in [2.05, 4.69) is 40.7 Å². The van der Waals surface area contributed by atoms with Crippen molar-refractivity contribution in [1.82, 2.24) is 9.55 Å². The number of hydrogen-bond donors (Lipinski definition) is 1. The van der Waals surface area contributed by atoms with E-state index in [0.717, 1.165) is 18.0 Å². The van der Waals surface area contributed by atoms with Gasteiger partial charge >= 0.3 is 0 Å². The van der Waals surface area contributed by atoms with E-state index in [9.17, 15) is 0 Å². The molecule has 3 unspecified atom stereocenters. The smallest absolute Gasteiger partial charge is 0.0961 e. The van der Waals surface area contributed by atoms with Crippen LogP contribution in [0.2, 0.25) is 0 Å². The van der Waals surface area contributed by atoms with Gasteiger partial charge in [-0.2, -0.15) is 0 Å². The van der Waals surface area contributed by atoms with E-state index in [1.807, 2.05) is 6.33 Å². The molecule has 2 N–H and O–H groups in total. The van der Waals surface area contributed by atoms with E-state index in [-0.39, 0.29) is 0 Å². The Morgan fingerprint density at radius 2 is 2.15 bits per heavy atom. The molecule has 3 nitrogen and oxygen atoms in total. The van der Waals surface area contributed by atoms with E-state index in [0.29, 0.717) is 12.0 Å². The highest BCUT2D eigenvalue weighted by atomic mass is 15.1. The van der Waals surface area contributed by atoms with Gasteiger partial charge in [0.1, 0.15) is 0 Å². The third kappa shape index (κ3) is 2.47. The van der Waals surface area contributed by atoms with Crippen molar-refractivity contribution >= 4 is 11.0 Å². The van der Waals surface area contributed by atoms with Crippen molar-refractivity contribution in [3.8, 4) is 0 Å². The van der Waals surface area contributed by atoms with Gasteiger partial charge in [0.05, 0.1) is 17.4 Å². The van der Waals surface area contributed by atoms with Crippen LogP contribution in [0.3, 0.4) is 0 Å². The summed E-state index contributed by atoms with van der Waals surface area (Å²) in [5, 5.41) is 0. The number of nitrogens with zero attached hydrogens (tertiary/aromatic N) is 2. The van der Waals surface area contributed by atoms with Crippen molar-refractivity contribution in [3.05, 3.63) is 30.6 Å². The second-order valence-electron chi connectivity index (χ2n) is 6.17. The number of nitrogens with two attached hydrogens (primary N) is 1. The molecule has 0 spiro atoms. The summed E-state index contributed by atoms with van der Waals surface area (Å²) in [6.07, 6.45) is 8.52. The van der Waals surface area contributed by atoms with Crippen molar-refractivity contribution in [3.63, 3.8) is 0 Å². The molecule has 20 heavy (non-hydrogen) atoms. The zero-order chi connectivity index (χ0) is 13.9. The molecular weight excluding hydrogens is 246 g/mol. The van der Waals surface area contributed by atoms with Gasteiger partial charge in [-0.05, 0) is 49.8 Å². The predicted octanol–water partition coefficient (Wildman–Crippen LogP) is 3.75. The quantitative estimate of drug-likeness (QED) is 0.920. The van der Waals surface area contributed by atoms with Crippen molar-refractivity contribution in [2.45, 2.75) is 45.1 Å². The fourth-order valence-electron chi connectivity index (χ4n) is 3.82. The van der Waals surface area contributed by atoms with Gasteiger partial charge in [-0.25, -0.2) is 4.98 Å². The summed E-state index contributed by atoms with van der Waals surface area (Å²) < 4.78 is 2.38. The van der Waals surface area contributed by atoms with Crippen LogP contribution in [0.5, 0.6) is 0 Å². The van der Waals surface area contributed by atoms with E-state index < -0.39 is 0 Å². The Kier molecular flexibility index (Phi) is 4.06. The van der Waals surface area contributed by atoms with Crippen LogP contribution in [0.15, 0.2) is 30.6 Å². The van der Waals surface area contributed by atoms with Gasteiger partial charge in [0, 0.05) is 6.04 Å². The first-order chi connectivity index (χ1) is 9.83. The number of hydrogen-bond acceptors (Lipinski definition) is 2. The summed E-state index contributed by atoms with van der Waals surface area (Å²) >= 11 is 0. The first kappa shape index (κ1) is 13.6. The maximum atomic E-state index is 6.03. The average molecular weight is 271 g/mol. The van der Waals surface area contributed by atoms with E-state index in [1.165, 1.54) is 37.6 Å². The van der Waals surface area contributed by atoms with Crippen LogP contribution in [0.25, 0.3) is 11.0 Å². The lowest BCUT2D eigenvalue weighted by Crippen LogP contribution is -2.32. The summed E-state index contributed by atoms with van der Waals surface area (Å²) in [5.41, 5.74) is 8.39. The molecule has 3 heteroatoms. The van der Waals surface area contributed by atoms with Crippen LogP contribution in [-0.4, -0.2) is 16.1 Å². The summed E-state index contributed by atoms with van der Waals surface area (Å²) in [5.74, 6) is 1.45. The molecule has 0 aliphatic heterocycles. The van der Waals surface area contributed by atoms with Crippen molar-refractivity contribution < 1.29 is 0 Å². The molecular formula is C17H25N3. The molecule has 1 heterocycles. The Morgan fingerprint density at radius 1 is 1.30 bits per heavy atom. The van der Waals surface area contributed by atoms with Gasteiger partial charge < -0.3 is 10.3 Å². The number of aromatic nitrogens is 2. The van der Waals surface area contributed by atoms with E-state index >= 15 is 0 Å². The lowest BCUT2D eigenvalue weighted by molar-refractivity contribution is 0.183. The van der Waals surface area contributed by atoms with Crippen LogP contribution in [0, 0.1) is 11.8 Å². The fourth-order valence-corrected chi connectivity index (χ4v) is 3.82. The summed E-state index contributed by atoms with van der Waals surface area (Å²) in [6, 6.07) is 8.96. The lowest BCUT2D eigenvalue weighted by atomic mass is 9.76. The van der Waals surface area contributed by atoms with Crippen LogP contribution in [0.4, 0.5) is 0 Å². The molecule has 0 bridgehead atoms.